The second-order valence-corrected chi connectivity index (χ2v) is 4.86. The monoisotopic (exact) mass is 318 g/mol. The summed E-state index contributed by atoms with van der Waals surface area (Å²) in [6.45, 7) is 3.57. The fourth-order valence-electron chi connectivity index (χ4n) is 1.54. The molecule has 20 heavy (non-hydrogen) atoms. The molecular formula is C13H16Cl2N2O3. The number of carbonyl (C=O) groups excluding carboxylic acids is 2. The first kappa shape index (κ1) is 16.6. The summed E-state index contributed by atoms with van der Waals surface area (Å²) in [4.78, 5) is 22.7. The fraction of sp³-hybridized carbons (Fsp3) is 0.385. The molecule has 0 aliphatic carbocycles. The van der Waals surface area contributed by atoms with Gasteiger partial charge in [0, 0.05) is 10.0 Å². The van der Waals surface area contributed by atoms with E-state index in [4.69, 9.17) is 27.9 Å². The van der Waals surface area contributed by atoms with E-state index in [1.807, 2.05) is 0 Å². The number of benzene rings is 1. The zero-order chi connectivity index (χ0) is 15.1. The van der Waals surface area contributed by atoms with Crippen LogP contribution >= 0.6 is 23.2 Å². The number of halogens is 2. The lowest BCUT2D eigenvalue weighted by molar-refractivity contribution is -0.141. The molecule has 0 radical (unpaired) electrons. The summed E-state index contributed by atoms with van der Waals surface area (Å²) in [7, 11) is 0. The van der Waals surface area contributed by atoms with Crippen molar-refractivity contribution in [1.82, 2.24) is 10.6 Å². The van der Waals surface area contributed by atoms with Crippen LogP contribution in [0.5, 0.6) is 0 Å². The van der Waals surface area contributed by atoms with E-state index in [2.05, 4.69) is 10.6 Å². The zero-order valence-corrected chi connectivity index (χ0v) is 12.7. The van der Waals surface area contributed by atoms with Crippen molar-refractivity contribution in [2.45, 2.75) is 19.9 Å². The van der Waals surface area contributed by atoms with Crippen LogP contribution in [0.4, 0.5) is 4.79 Å². The maximum absolute atomic E-state index is 11.6. The lowest BCUT2D eigenvalue weighted by Crippen LogP contribution is -2.40. The third kappa shape index (κ3) is 5.27. The molecule has 0 aliphatic rings. The number of urea groups is 1. The number of hydrogen-bond acceptors (Lipinski definition) is 3. The molecule has 0 aliphatic heterocycles. The SMILES string of the molecule is CCOC(=O)CNC(=O)N[C@@H](C)c1ccc(Cl)cc1Cl. The molecule has 1 rings (SSSR count). The Morgan fingerprint density at radius 3 is 2.65 bits per heavy atom. The number of ether oxygens (including phenoxy) is 1. The average Bonchev–Trinajstić information content (AvgIpc) is 2.36. The van der Waals surface area contributed by atoms with Crippen LogP contribution in [0.25, 0.3) is 0 Å². The van der Waals surface area contributed by atoms with Crippen molar-refractivity contribution in [1.29, 1.82) is 0 Å². The van der Waals surface area contributed by atoms with E-state index in [9.17, 15) is 9.59 Å². The molecule has 7 heteroatoms. The highest BCUT2D eigenvalue weighted by Gasteiger charge is 2.13. The summed E-state index contributed by atoms with van der Waals surface area (Å²) in [5.74, 6) is -0.486. The molecule has 1 atom stereocenters. The second kappa shape index (κ2) is 7.97. The molecule has 0 aromatic heterocycles. The summed E-state index contributed by atoms with van der Waals surface area (Å²) in [5.41, 5.74) is 0.738. The van der Waals surface area contributed by atoms with E-state index in [1.54, 1.807) is 32.0 Å². The molecule has 2 N–H and O–H groups in total. The van der Waals surface area contributed by atoms with E-state index >= 15 is 0 Å². The molecule has 0 bridgehead atoms. The van der Waals surface area contributed by atoms with E-state index in [1.165, 1.54) is 0 Å². The third-order valence-electron chi connectivity index (χ3n) is 2.48. The van der Waals surface area contributed by atoms with Crippen LogP contribution in [-0.2, 0) is 9.53 Å². The van der Waals surface area contributed by atoms with Gasteiger partial charge >= 0.3 is 12.0 Å². The molecule has 0 heterocycles. The Labute approximate surface area is 127 Å². The summed E-state index contributed by atoms with van der Waals surface area (Å²) in [5, 5.41) is 6.07. The lowest BCUT2D eigenvalue weighted by atomic mass is 10.1. The Bertz CT molecular complexity index is 495. The van der Waals surface area contributed by atoms with Gasteiger partial charge in [0.2, 0.25) is 0 Å². The molecule has 2 amide bonds. The smallest absolute Gasteiger partial charge is 0.325 e. The molecule has 5 nitrogen and oxygen atoms in total. The Balaban J connectivity index is 2.51. The molecule has 110 valence electrons. The van der Waals surface area contributed by atoms with Gasteiger partial charge in [-0.1, -0.05) is 29.3 Å². The van der Waals surface area contributed by atoms with Gasteiger partial charge in [-0.25, -0.2) is 4.79 Å². The number of nitrogens with one attached hydrogen (secondary N) is 2. The van der Waals surface area contributed by atoms with E-state index in [0.29, 0.717) is 10.0 Å². The van der Waals surface area contributed by atoms with Gasteiger partial charge in [-0.15, -0.1) is 0 Å². The molecule has 0 unspecified atom stereocenters. The van der Waals surface area contributed by atoms with E-state index in [-0.39, 0.29) is 19.2 Å². The van der Waals surface area contributed by atoms with Crippen molar-refractivity contribution < 1.29 is 14.3 Å². The lowest BCUT2D eigenvalue weighted by Gasteiger charge is -2.16. The highest BCUT2D eigenvalue weighted by atomic mass is 35.5. The third-order valence-corrected chi connectivity index (χ3v) is 3.04. The molecule has 0 saturated carbocycles. The first-order valence-electron chi connectivity index (χ1n) is 6.09. The number of amides is 2. The van der Waals surface area contributed by atoms with Crippen molar-refractivity contribution in [3.05, 3.63) is 33.8 Å². The number of hydrogen-bond donors (Lipinski definition) is 2. The van der Waals surface area contributed by atoms with Gasteiger partial charge in [-0.3, -0.25) is 4.79 Å². The molecule has 0 saturated heterocycles. The normalized spacial score (nSPS) is 11.6. The minimum Gasteiger partial charge on any atom is -0.465 e. The highest BCUT2D eigenvalue weighted by Crippen LogP contribution is 2.25. The van der Waals surface area contributed by atoms with Crippen molar-refractivity contribution in [3.63, 3.8) is 0 Å². The van der Waals surface area contributed by atoms with Gasteiger partial charge in [-0.05, 0) is 31.5 Å². The number of esters is 1. The van der Waals surface area contributed by atoms with Gasteiger partial charge in [0.15, 0.2) is 0 Å². The topological polar surface area (TPSA) is 67.4 Å². The Kier molecular flexibility index (Phi) is 6.61. The zero-order valence-electron chi connectivity index (χ0n) is 11.2. The van der Waals surface area contributed by atoms with Crippen molar-refractivity contribution >= 4 is 35.2 Å². The van der Waals surface area contributed by atoms with E-state index in [0.717, 1.165) is 5.56 Å². The summed E-state index contributed by atoms with van der Waals surface area (Å²) >= 11 is 11.9. The maximum atomic E-state index is 11.6. The number of rotatable bonds is 5. The van der Waals surface area contributed by atoms with E-state index < -0.39 is 12.0 Å². The van der Waals surface area contributed by atoms with Crippen molar-refractivity contribution in [2.75, 3.05) is 13.2 Å². The first-order chi connectivity index (χ1) is 9.43. The van der Waals surface area contributed by atoms with Gasteiger partial charge in [0.1, 0.15) is 6.54 Å². The van der Waals surface area contributed by atoms with Crippen LogP contribution in [0.1, 0.15) is 25.5 Å². The fourth-order valence-corrected chi connectivity index (χ4v) is 2.11. The number of carbonyl (C=O) groups is 2. The predicted molar refractivity (Wildman–Crippen MR) is 78.0 cm³/mol. The Morgan fingerprint density at radius 2 is 2.05 bits per heavy atom. The van der Waals surface area contributed by atoms with Crippen LogP contribution in [-0.4, -0.2) is 25.2 Å². The van der Waals surface area contributed by atoms with Gasteiger partial charge in [0.25, 0.3) is 0 Å². The molecule has 1 aromatic rings. The minimum atomic E-state index is -0.486. The van der Waals surface area contributed by atoms with Crippen LogP contribution in [0.3, 0.4) is 0 Å². The molecular weight excluding hydrogens is 303 g/mol. The maximum Gasteiger partial charge on any atom is 0.325 e. The standard InChI is InChI=1S/C13H16Cl2N2O3/c1-3-20-12(18)7-16-13(19)17-8(2)10-5-4-9(14)6-11(10)15/h4-6,8H,3,7H2,1-2H3,(H2,16,17,19)/t8-/m0/s1. The first-order valence-corrected chi connectivity index (χ1v) is 6.84. The molecule has 1 aromatic carbocycles. The second-order valence-electron chi connectivity index (χ2n) is 4.02. The Hall–Kier alpha value is -1.46. The van der Waals surface area contributed by atoms with Gasteiger partial charge in [0.05, 0.1) is 12.6 Å². The van der Waals surface area contributed by atoms with Gasteiger partial charge < -0.3 is 15.4 Å². The Morgan fingerprint density at radius 1 is 1.35 bits per heavy atom. The molecule has 0 fully saturated rings. The van der Waals surface area contributed by atoms with Crippen molar-refractivity contribution in [2.24, 2.45) is 0 Å². The minimum absolute atomic E-state index is 0.180. The summed E-state index contributed by atoms with van der Waals surface area (Å²) < 4.78 is 4.70. The summed E-state index contributed by atoms with van der Waals surface area (Å²) in [6.07, 6.45) is 0. The predicted octanol–water partition coefficient (Wildman–Crippen LogP) is 2.92. The molecule has 0 spiro atoms. The van der Waals surface area contributed by atoms with Crippen LogP contribution in [0.15, 0.2) is 18.2 Å². The van der Waals surface area contributed by atoms with Crippen LogP contribution in [0, 0.1) is 0 Å². The summed E-state index contributed by atoms with van der Waals surface area (Å²) in [6, 6.07) is 4.24. The average molecular weight is 319 g/mol. The quantitative estimate of drug-likeness (QED) is 0.820. The largest absolute Gasteiger partial charge is 0.465 e. The highest BCUT2D eigenvalue weighted by molar-refractivity contribution is 6.35. The van der Waals surface area contributed by atoms with Crippen LogP contribution in [0.2, 0.25) is 10.0 Å². The van der Waals surface area contributed by atoms with Gasteiger partial charge in [-0.2, -0.15) is 0 Å². The van der Waals surface area contributed by atoms with Crippen LogP contribution < -0.4 is 10.6 Å². The van der Waals surface area contributed by atoms with Crippen molar-refractivity contribution in [3.8, 4) is 0 Å².